The summed E-state index contributed by atoms with van der Waals surface area (Å²) in [6.07, 6.45) is 72.8. The Hall–Kier alpha value is -2.37. The number of unbranched alkanes of at least 4 members (excludes halogenated alkanes) is 36. The van der Waals surface area contributed by atoms with Gasteiger partial charge >= 0.3 is 0 Å². The van der Waals surface area contributed by atoms with E-state index in [9.17, 15) is 30.3 Å². The molecule has 0 saturated carbocycles. The van der Waals surface area contributed by atoms with E-state index < -0.39 is 49.5 Å². The van der Waals surface area contributed by atoms with E-state index in [-0.39, 0.29) is 12.5 Å². The van der Waals surface area contributed by atoms with Gasteiger partial charge in [0.15, 0.2) is 6.29 Å². The lowest BCUT2D eigenvalue weighted by atomic mass is 9.99. The summed E-state index contributed by atoms with van der Waals surface area (Å²) >= 11 is 0. The third kappa shape index (κ3) is 46.0. The fraction of sp³-hybridized carbons (Fsp3) is 0.809. The Morgan fingerprint density at radius 3 is 1.18 bits per heavy atom. The lowest BCUT2D eigenvalue weighted by Crippen LogP contribution is -2.60. The van der Waals surface area contributed by atoms with Crippen LogP contribution in [0.1, 0.15) is 296 Å². The molecule has 0 bridgehead atoms. The predicted molar refractivity (Wildman–Crippen MR) is 327 cm³/mol. The molecule has 1 aliphatic heterocycles. The van der Waals surface area contributed by atoms with Crippen LogP contribution in [0.25, 0.3) is 0 Å². The van der Waals surface area contributed by atoms with Gasteiger partial charge < -0.3 is 40.3 Å². The van der Waals surface area contributed by atoms with E-state index in [2.05, 4.69) is 79.9 Å². The number of aliphatic hydroxyl groups is 5. The molecule has 0 aromatic heterocycles. The van der Waals surface area contributed by atoms with Crippen molar-refractivity contribution in [3.8, 4) is 0 Å². The van der Waals surface area contributed by atoms with Crippen molar-refractivity contribution in [2.75, 3.05) is 13.2 Å². The van der Waals surface area contributed by atoms with Gasteiger partial charge in [0.25, 0.3) is 0 Å². The summed E-state index contributed by atoms with van der Waals surface area (Å²) < 4.78 is 11.3. The van der Waals surface area contributed by atoms with Gasteiger partial charge in [-0.2, -0.15) is 0 Å². The van der Waals surface area contributed by atoms with Gasteiger partial charge in [-0.25, -0.2) is 0 Å². The largest absolute Gasteiger partial charge is 0.394 e. The highest BCUT2D eigenvalue weighted by atomic mass is 16.7. The molecule has 77 heavy (non-hydrogen) atoms. The molecule has 0 aromatic carbocycles. The second-order valence-electron chi connectivity index (χ2n) is 22.5. The van der Waals surface area contributed by atoms with Gasteiger partial charge in [-0.3, -0.25) is 4.79 Å². The molecule has 0 spiro atoms. The van der Waals surface area contributed by atoms with E-state index in [0.29, 0.717) is 6.42 Å². The first kappa shape index (κ1) is 72.6. The average Bonchev–Trinajstić information content (AvgIpc) is 3.43. The third-order valence-electron chi connectivity index (χ3n) is 15.2. The molecule has 1 amide bonds. The van der Waals surface area contributed by atoms with Gasteiger partial charge in [0.2, 0.25) is 5.91 Å². The Morgan fingerprint density at radius 2 is 0.779 bits per heavy atom. The van der Waals surface area contributed by atoms with Crippen molar-refractivity contribution in [1.82, 2.24) is 5.32 Å². The Kier molecular flexibility index (Phi) is 53.7. The van der Waals surface area contributed by atoms with Crippen molar-refractivity contribution < 1.29 is 39.8 Å². The van der Waals surface area contributed by atoms with Crippen LogP contribution in [0.2, 0.25) is 0 Å². The third-order valence-corrected chi connectivity index (χ3v) is 15.2. The normalized spacial score (nSPS) is 19.2. The van der Waals surface area contributed by atoms with Crippen LogP contribution in [-0.2, 0) is 14.3 Å². The zero-order chi connectivity index (χ0) is 55.8. The van der Waals surface area contributed by atoms with Crippen molar-refractivity contribution in [1.29, 1.82) is 0 Å². The number of aliphatic hydroxyl groups excluding tert-OH is 5. The summed E-state index contributed by atoms with van der Waals surface area (Å²) in [4.78, 5) is 13.1. The molecule has 6 N–H and O–H groups in total. The topological polar surface area (TPSA) is 149 Å². The monoisotopic (exact) mass is 1080 g/mol. The Morgan fingerprint density at radius 1 is 0.442 bits per heavy atom. The minimum atomic E-state index is -1.58. The van der Waals surface area contributed by atoms with Crippen molar-refractivity contribution in [2.24, 2.45) is 0 Å². The van der Waals surface area contributed by atoms with E-state index in [1.165, 1.54) is 205 Å². The van der Waals surface area contributed by atoms with Gasteiger partial charge in [0.05, 0.1) is 25.4 Å². The van der Waals surface area contributed by atoms with Crippen LogP contribution in [-0.4, -0.2) is 87.5 Å². The van der Waals surface area contributed by atoms with Gasteiger partial charge in [-0.1, -0.05) is 279 Å². The molecule has 1 saturated heterocycles. The molecule has 1 aliphatic rings. The van der Waals surface area contributed by atoms with Crippen LogP contribution >= 0.6 is 0 Å². The summed E-state index contributed by atoms with van der Waals surface area (Å²) in [6.45, 7) is 3.77. The maximum Gasteiger partial charge on any atom is 0.220 e. The first-order valence-corrected chi connectivity index (χ1v) is 32.7. The van der Waals surface area contributed by atoms with Crippen LogP contribution < -0.4 is 5.32 Å². The zero-order valence-corrected chi connectivity index (χ0v) is 50.0. The first-order chi connectivity index (χ1) is 37.8. The molecular formula is C68H123NO8. The smallest absolute Gasteiger partial charge is 0.220 e. The fourth-order valence-electron chi connectivity index (χ4n) is 10.1. The molecule has 7 atom stereocenters. The molecule has 1 fully saturated rings. The maximum atomic E-state index is 13.1. The molecule has 0 aromatic rings. The van der Waals surface area contributed by atoms with E-state index in [4.69, 9.17) is 9.47 Å². The zero-order valence-electron chi connectivity index (χ0n) is 50.0. The van der Waals surface area contributed by atoms with Gasteiger partial charge in [-0.05, 0) is 83.5 Å². The quantitative estimate of drug-likeness (QED) is 0.0261. The minimum absolute atomic E-state index is 0.194. The van der Waals surface area contributed by atoms with Crippen LogP contribution in [0.5, 0.6) is 0 Å². The second kappa shape index (κ2) is 56.9. The average molecular weight is 1080 g/mol. The molecule has 0 aliphatic carbocycles. The van der Waals surface area contributed by atoms with Crippen molar-refractivity contribution in [3.05, 3.63) is 72.9 Å². The van der Waals surface area contributed by atoms with Crippen molar-refractivity contribution in [3.63, 3.8) is 0 Å². The summed E-state index contributed by atoms with van der Waals surface area (Å²) in [7, 11) is 0. The van der Waals surface area contributed by atoms with Gasteiger partial charge in [0.1, 0.15) is 24.4 Å². The second-order valence-corrected chi connectivity index (χ2v) is 22.5. The number of hydrogen-bond donors (Lipinski definition) is 6. The molecule has 9 heteroatoms. The number of allylic oxidation sites excluding steroid dienone is 11. The number of hydrogen-bond acceptors (Lipinski definition) is 8. The predicted octanol–water partition coefficient (Wildman–Crippen LogP) is 17.2. The molecule has 7 unspecified atom stereocenters. The van der Waals surface area contributed by atoms with E-state index in [1.54, 1.807) is 6.08 Å². The number of amides is 1. The standard InChI is InChI=1S/C68H123NO8/c1-3-5-7-9-11-13-15-17-19-21-23-25-27-29-30-31-32-34-35-37-39-41-43-45-47-49-51-53-55-57-62(71)61(60-76-68-67(75)66(74)65(73)63(59-70)77-68)69-64(72)58-56-54-52-50-48-46-44-42-40-38-36-33-28-26-24-22-20-18-16-14-12-10-8-6-4-2/h16,18,22,24,28,33,39,41,47,49,55,57,61-63,65-68,70-71,73-75H,3-15,17,19-21,23,25-27,29-32,34-38,40,42-46,48,50-54,56,58-60H2,1-2H3,(H,69,72)/b18-16-,24-22-,33-28-,41-39+,49-47+,57-55+. The lowest BCUT2D eigenvalue weighted by Gasteiger charge is -2.40. The summed E-state index contributed by atoms with van der Waals surface area (Å²) in [5, 5.41) is 54.6. The Balaban J connectivity index is 2.22. The summed E-state index contributed by atoms with van der Waals surface area (Å²) in [5.74, 6) is -0.194. The highest BCUT2D eigenvalue weighted by Crippen LogP contribution is 2.23. The minimum Gasteiger partial charge on any atom is -0.394 e. The highest BCUT2D eigenvalue weighted by molar-refractivity contribution is 5.76. The number of nitrogens with one attached hydrogen (secondary N) is 1. The summed E-state index contributed by atoms with van der Waals surface area (Å²) in [6, 6.07) is -0.836. The maximum absolute atomic E-state index is 13.1. The molecule has 1 heterocycles. The highest BCUT2D eigenvalue weighted by Gasteiger charge is 2.44. The summed E-state index contributed by atoms with van der Waals surface area (Å²) in [5.41, 5.74) is 0. The molecule has 448 valence electrons. The van der Waals surface area contributed by atoms with E-state index in [1.807, 2.05) is 6.08 Å². The van der Waals surface area contributed by atoms with Crippen LogP contribution in [0.4, 0.5) is 0 Å². The van der Waals surface area contributed by atoms with Crippen molar-refractivity contribution >= 4 is 5.91 Å². The molecule has 1 rings (SSSR count). The van der Waals surface area contributed by atoms with Gasteiger partial charge in [0, 0.05) is 6.42 Å². The molecule has 0 radical (unpaired) electrons. The first-order valence-electron chi connectivity index (χ1n) is 32.7. The Labute approximate surface area is 474 Å². The molecule has 9 nitrogen and oxygen atoms in total. The van der Waals surface area contributed by atoms with Crippen LogP contribution in [0.3, 0.4) is 0 Å². The van der Waals surface area contributed by atoms with Gasteiger partial charge in [-0.15, -0.1) is 0 Å². The number of ether oxygens (including phenoxy) is 2. The molecular weight excluding hydrogens is 959 g/mol. The lowest BCUT2D eigenvalue weighted by molar-refractivity contribution is -0.302. The number of carbonyl (C=O) groups excluding carboxylic acids is 1. The Bertz CT molecular complexity index is 1440. The SMILES string of the molecule is CCCCCCC/C=C\C/C=C\C/C=C\CCCCCCCCCCCCC(=O)NC(COC1OC(CO)C(O)C(O)C1O)C(O)/C=C/CC/C=C/CC/C=C/CCCCCCCCCCCCCCCCCCCCC. The van der Waals surface area contributed by atoms with E-state index in [0.717, 1.165) is 70.6 Å². The van der Waals surface area contributed by atoms with Crippen LogP contribution in [0.15, 0.2) is 72.9 Å². The van der Waals surface area contributed by atoms with Crippen molar-refractivity contribution in [2.45, 2.75) is 339 Å². The fourth-order valence-corrected chi connectivity index (χ4v) is 10.1. The van der Waals surface area contributed by atoms with Crippen LogP contribution in [0, 0.1) is 0 Å². The number of rotatable bonds is 56. The number of carbonyl (C=O) groups is 1. The van der Waals surface area contributed by atoms with E-state index >= 15 is 0 Å².